The Balaban J connectivity index is 1.70. The molecular weight excluding hydrogens is 395 g/mol. The van der Waals surface area contributed by atoms with Crippen molar-refractivity contribution in [2.45, 2.75) is 6.42 Å². The molecule has 0 saturated carbocycles. The van der Waals surface area contributed by atoms with E-state index in [0.717, 1.165) is 0 Å². The second-order valence-electron chi connectivity index (χ2n) is 6.07. The van der Waals surface area contributed by atoms with E-state index < -0.39 is 0 Å². The quantitative estimate of drug-likeness (QED) is 0.722. The lowest BCUT2D eigenvalue weighted by molar-refractivity contribution is 0.0719. The van der Waals surface area contributed by atoms with Gasteiger partial charge in [-0.3, -0.25) is 9.59 Å². The molecule has 26 heavy (non-hydrogen) atoms. The molecule has 0 spiro atoms. The highest BCUT2D eigenvalue weighted by atomic mass is 35.5. The Morgan fingerprint density at radius 1 is 0.731 bits per heavy atom. The predicted octanol–water partition coefficient (Wildman–Crippen LogP) is 4.64. The van der Waals surface area contributed by atoms with E-state index in [1.807, 2.05) is 0 Å². The highest BCUT2D eigenvalue weighted by molar-refractivity contribution is 6.35. The lowest BCUT2D eigenvalue weighted by Gasteiger charge is -2.22. The van der Waals surface area contributed by atoms with Crippen LogP contribution >= 0.6 is 34.8 Å². The Morgan fingerprint density at radius 2 is 1.31 bits per heavy atom. The lowest BCUT2D eigenvalue weighted by atomic mass is 10.2. The third kappa shape index (κ3) is 4.32. The topological polar surface area (TPSA) is 40.6 Å². The van der Waals surface area contributed by atoms with Crippen molar-refractivity contribution in [3.63, 3.8) is 0 Å². The van der Waals surface area contributed by atoms with Crippen LogP contribution in [0.25, 0.3) is 0 Å². The number of nitrogens with zero attached hydrogens (tertiary/aromatic N) is 2. The van der Waals surface area contributed by atoms with Crippen LogP contribution in [0.5, 0.6) is 0 Å². The summed E-state index contributed by atoms with van der Waals surface area (Å²) in [6.45, 7) is 2.06. The molecule has 3 rings (SSSR count). The smallest absolute Gasteiger partial charge is 0.255 e. The summed E-state index contributed by atoms with van der Waals surface area (Å²) in [6, 6.07) is 11.7. The van der Waals surface area contributed by atoms with E-state index in [1.54, 1.807) is 52.3 Å². The fraction of sp³-hybridized carbons (Fsp3) is 0.263. The SMILES string of the molecule is O=C(c1ccc(Cl)cc1)N1CCCN(C(=O)c2cc(Cl)ccc2Cl)CC1. The molecule has 0 unspecified atom stereocenters. The second-order valence-corrected chi connectivity index (χ2v) is 7.35. The van der Waals surface area contributed by atoms with Crippen molar-refractivity contribution in [3.8, 4) is 0 Å². The van der Waals surface area contributed by atoms with Crippen molar-refractivity contribution in [3.05, 3.63) is 68.7 Å². The van der Waals surface area contributed by atoms with Crippen LogP contribution < -0.4 is 0 Å². The van der Waals surface area contributed by atoms with E-state index >= 15 is 0 Å². The summed E-state index contributed by atoms with van der Waals surface area (Å²) in [5.41, 5.74) is 0.976. The van der Waals surface area contributed by atoms with Gasteiger partial charge in [-0.05, 0) is 48.9 Å². The number of amides is 2. The van der Waals surface area contributed by atoms with Crippen molar-refractivity contribution in [2.75, 3.05) is 26.2 Å². The zero-order valence-corrected chi connectivity index (χ0v) is 16.2. The highest BCUT2D eigenvalue weighted by Gasteiger charge is 2.24. The third-order valence-electron chi connectivity index (χ3n) is 4.32. The molecule has 1 saturated heterocycles. The van der Waals surface area contributed by atoms with E-state index in [1.165, 1.54) is 0 Å². The van der Waals surface area contributed by atoms with Crippen molar-refractivity contribution in [1.29, 1.82) is 0 Å². The first kappa shape index (κ1) is 19.0. The number of rotatable bonds is 2. The summed E-state index contributed by atoms with van der Waals surface area (Å²) >= 11 is 18.0. The van der Waals surface area contributed by atoms with Crippen LogP contribution in [0, 0.1) is 0 Å². The van der Waals surface area contributed by atoms with E-state index in [-0.39, 0.29) is 11.8 Å². The molecule has 2 amide bonds. The fourth-order valence-corrected chi connectivity index (χ4v) is 3.43. The van der Waals surface area contributed by atoms with Crippen LogP contribution in [-0.4, -0.2) is 47.8 Å². The molecule has 0 bridgehead atoms. The number of hydrogen-bond acceptors (Lipinski definition) is 2. The van der Waals surface area contributed by atoms with Crippen LogP contribution in [0.4, 0.5) is 0 Å². The Labute approximate surface area is 167 Å². The first-order valence-corrected chi connectivity index (χ1v) is 9.38. The Morgan fingerprint density at radius 3 is 1.96 bits per heavy atom. The maximum absolute atomic E-state index is 12.8. The number of carbonyl (C=O) groups excluding carboxylic acids is 2. The fourth-order valence-electron chi connectivity index (χ4n) is 2.93. The summed E-state index contributed by atoms with van der Waals surface area (Å²) in [5, 5.41) is 1.43. The van der Waals surface area contributed by atoms with Gasteiger partial charge in [-0.2, -0.15) is 0 Å². The van der Waals surface area contributed by atoms with Crippen molar-refractivity contribution in [1.82, 2.24) is 9.80 Å². The first-order chi connectivity index (χ1) is 12.5. The van der Waals surface area contributed by atoms with Gasteiger partial charge >= 0.3 is 0 Å². The summed E-state index contributed by atoms with van der Waals surface area (Å²) in [7, 11) is 0. The van der Waals surface area contributed by atoms with Crippen LogP contribution in [0.2, 0.25) is 15.1 Å². The molecule has 1 fully saturated rings. The Bertz CT molecular complexity index is 824. The molecule has 0 radical (unpaired) electrons. The molecule has 136 valence electrons. The molecule has 0 aromatic heterocycles. The van der Waals surface area contributed by atoms with Crippen molar-refractivity contribution < 1.29 is 9.59 Å². The van der Waals surface area contributed by atoms with Crippen LogP contribution in [0.3, 0.4) is 0 Å². The Kier molecular flexibility index (Phi) is 6.07. The van der Waals surface area contributed by atoms with Gasteiger partial charge < -0.3 is 9.80 Å². The van der Waals surface area contributed by atoms with Gasteiger partial charge in [0.05, 0.1) is 10.6 Å². The number of carbonyl (C=O) groups is 2. The highest BCUT2D eigenvalue weighted by Crippen LogP contribution is 2.23. The van der Waals surface area contributed by atoms with E-state index in [0.29, 0.717) is 58.8 Å². The summed E-state index contributed by atoms with van der Waals surface area (Å²) in [6.07, 6.45) is 0.698. The van der Waals surface area contributed by atoms with Gasteiger partial charge in [-0.1, -0.05) is 34.8 Å². The first-order valence-electron chi connectivity index (χ1n) is 8.25. The number of halogens is 3. The zero-order valence-electron chi connectivity index (χ0n) is 13.9. The Hall–Kier alpha value is -1.75. The molecule has 7 heteroatoms. The number of benzene rings is 2. The van der Waals surface area contributed by atoms with Crippen molar-refractivity contribution in [2.24, 2.45) is 0 Å². The van der Waals surface area contributed by atoms with Gasteiger partial charge in [0.25, 0.3) is 11.8 Å². The zero-order chi connectivity index (χ0) is 18.7. The second kappa shape index (κ2) is 8.30. The minimum Gasteiger partial charge on any atom is -0.337 e. The van der Waals surface area contributed by atoms with Crippen LogP contribution in [-0.2, 0) is 0 Å². The molecule has 0 N–H and O–H groups in total. The molecule has 1 heterocycles. The predicted molar refractivity (Wildman–Crippen MR) is 104 cm³/mol. The number of hydrogen-bond donors (Lipinski definition) is 0. The maximum Gasteiger partial charge on any atom is 0.255 e. The van der Waals surface area contributed by atoms with Crippen LogP contribution in [0.1, 0.15) is 27.1 Å². The molecule has 0 aliphatic carbocycles. The van der Waals surface area contributed by atoms with Gasteiger partial charge in [0.15, 0.2) is 0 Å². The van der Waals surface area contributed by atoms with E-state index in [9.17, 15) is 9.59 Å². The molecule has 1 aliphatic heterocycles. The van der Waals surface area contributed by atoms with Crippen LogP contribution in [0.15, 0.2) is 42.5 Å². The van der Waals surface area contributed by atoms with Gasteiger partial charge in [0.1, 0.15) is 0 Å². The van der Waals surface area contributed by atoms with Gasteiger partial charge in [0, 0.05) is 41.8 Å². The van der Waals surface area contributed by atoms with E-state index in [2.05, 4.69) is 0 Å². The minimum atomic E-state index is -0.168. The average Bonchev–Trinajstić information content (AvgIpc) is 2.89. The molecule has 4 nitrogen and oxygen atoms in total. The van der Waals surface area contributed by atoms with Gasteiger partial charge in [0.2, 0.25) is 0 Å². The average molecular weight is 412 g/mol. The minimum absolute atomic E-state index is 0.0586. The normalized spacial score (nSPS) is 14.9. The summed E-state index contributed by atoms with van der Waals surface area (Å²) in [5.74, 6) is -0.227. The standard InChI is InChI=1S/C19H17Cl3N2O2/c20-14-4-2-13(3-5-14)18(25)23-8-1-9-24(11-10-23)19(26)16-12-15(21)6-7-17(16)22/h2-7,12H,1,8-11H2. The molecular formula is C19H17Cl3N2O2. The maximum atomic E-state index is 12.8. The lowest BCUT2D eigenvalue weighted by Crippen LogP contribution is -2.37. The van der Waals surface area contributed by atoms with Gasteiger partial charge in [-0.15, -0.1) is 0 Å². The molecule has 2 aromatic carbocycles. The summed E-state index contributed by atoms with van der Waals surface area (Å²) in [4.78, 5) is 28.9. The third-order valence-corrected chi connectivity index (χ3v) is 5.14. The molecule has 1 aliphatic rings. The van der Waals surface area contributed by atoms with Crippen molar-refractivity contribution >= 4 is 46.6 Å². The van der Waals surface area contributed by atoms with E-state index in [4.69, 9.17) is 34.8 Å². The van der Waals surface area contributed by atoms with Gasteiger partial charge in [-0.25, -0.2) is 0 Å². The summed E-state index contributed by atoms with van der Waals surface area (Å²) < 4.78 is 0. The molecule has 0 atom stereocenters. The largest absolute Gasteiger partial charge is 0.337 e. The monoisotopic (exact) mass is 410 g/mol. The molecule has 2 aromatic rings.